The molecule has 0 spiro atoms. The molecule has 3 aromatic rings. The van der Waals surface area contributed by atoms with E-state index in [9.17, 15) is 18.0 Å². The van der Waals surface area contributed by atoms with Crippen molar-refractivity contribution in [3.05, 3.63) is 70.8 Å². The van der Waals surface area contributed by atoms with E-state index in [0.29, 0.717) is 5.82 Å². The highest BCUT2D eigenvalue weighted by molar-refractivity contribution is 7.99. The van der Waals surface area contributed by atoms with Gasteiger partial charge in [0.25, 0.3) is 5.91 Å². The van der Waals surface area contributed by atoms with Gasteiger partial charge in [0.1, 0.15) is 23.3 Å². The molecule has 1 heterocycles. The lowest BCUT2D eigenvalue weighted by molar-refractivity contribution is 0.0705. The van der Waals surface area contributed by atoms with Gasteiger partial charge >= 0.3 is 0 Å². The molecule has 0 radical (unpaired) electrons. The van der Waals surface area contributed by atoms with Crippen LogP contribution in [0.25, 0.3) is 0 Å². The molecular weight excluding hydrogens is 429 g/mol. The van der Waals surface area contributed by atoms with Gasteiger partial charge in [-0.25, -0.2) is 18.7 Å². The molecule has 0 saturated heterocycles. The summed E-state index contributed by atoms with van der Waals surface area (Å²) in [6, 6.07) is 8.07. The van der Waals surface area contributed by atoms with E-state index in [1.807, 2.05) is 6.07 Å². The zero-order chi connectivity index (χ0) is 22.2. The molecule has 10 heteroatoms. The number of nitrogens with zero attached hydrogens (tertiary/aromatic N) is 3. The summed E-state index contributed by atoms with van der Waals surface area (Å²) in [5.74, 6) is -2.68. The number of rotatable bonds is 5. The van der Waals surface area contributed by atoms with Gasteiger partial charge in [0, 0.05) is 12.6 Å². The number of aromatic nitrogens is 3. The number of hydroxylamine groups is 1. The third-order valence-corrected chi connectivity index (χ3v) is 6.78. The second-order valence-electron chi connectivity index (χ2n) is 7.48. The SMILES string of the molecule is Cn1c(Sc2c(F)cc(C(=O)NO)cc2F)nnc1C1(c2cccc(F)c2)CCCC1. The van der Waals surface area contributed by atoms with Gasteiger partial charge in [-0.05, 0) is 54.4 Å². The maximum absolute atomic E-state index is 14.5. The van der Waals surface area contributed by atoms with E-state index in [1.54, 1.807) is 17.7 Å². The maximum Gasteiger partial charge on any atom is 0.274 e. The van der Waals surface area contributed by atoms with Crippen LogP contribution in [0.3, 0.4) is 0 Å². The standard InChI is InChI=1S/C21H19F3N4O2S/c1-28-19(21(7-2-3-8-21)13-5-4-6-14(22)11-13)25-26-20(28)31-17-15(23)9-12(10-16(17)24)18(29)27-30/h4-6,9-11,30H,2-3,7-8H2,1H3,(H,27,29). The van der Waals surface area contributed by atoms with Crippen molar-refractivity contribution < 1.29 is 23.2 Å². The van der Waals surface area contributed by atoms with Gasteiger partial charge in [-0.2, -0.15) is 0 Å². The van der Waals surface area contributed by atoms with Crippen molar-refractivity contribution in [2.75, 3.05) is 0 Å². The topological polar surface area (TPSA) is 80.0 Å². The molecule has 0 unspecified atom stereocenters. The number of halogens is 3. The summed E-state index contributed by atoms with van der Waals surface area (Å²) < 4.78 is 44.6. The van der Waals surface area contributed by atoms with Gasteiger partial charge in [-0.1, -0.05) is 25.0 Å². The van der Waals surface area contributed by atoms with Gasteiger partial charge in [0.15, 0.2) is 5.16 Å². The molecule has 1 aliphatic rings. The van der Waals surface area contributed by atoms with E-state index in [-0.39, 0.29) is 21.4 Å². The summed E-state index contributed by atoms with van der Waals surface area (Å²) in [6.45, 7) is 0. The Morgan fingerprint density at radius 2 is 1.81 bits per heavy atom. The Hall–Kier alpha value is -2.85. The van der Waals surface area contributed by atoms with Crippen LogP contribution in [0, 0.1) is 17.5 Å². The average molecular weight is 448 g/mol. The van der Waals surface area contributed by atoms with Crippen molar-refractivity contribution in [1.29, 1.82) is 0 Å². The minimum atomic E-state index is -1.02. The summed E-state index contributed by atoms with van der Waals surface area (Å²) in [4.78, 5) is 11.1. The highest BCUT2D eigenvalue weighted by Gasteiger charge is 2.42. The first-order chi connectivity index (χ1) is 14.9. The molecule has 0 bridgehead atoms. The fourth-order valence-corrected chi connectivity index (χ4v) is 4.97. The lowest BCUT2D eigenvalue weighted by Crippen LogP contribution is -2.28. The summed E-state index contributed by atoms with van der Waals surface area (Å²) in [5, 5.41) is 17.4. The van der Waals surface area contributed by atoms with Crippen LogP contribution in [0.2, 0.25) is 0 Å². The zero-order valence-corrected chi connectivity index (χ0v) is 17.3. The van der Waals surface area contributed by atoms with Gasteiger partial charge in [-0.15, -0.1) is 10.2 Å². The van der Waals surface area contributed by atoms with Crippen molar-refractivity contribution >= 4 is 17.7 Å². The normalized spacial score (nSPS) is 15.3. The predicted octanol–water partition coefficient (Wildman–Crippen LogP) is 4.36. The number of nitrogens with one attached hydrogen (secondary N) is 1. The second kappa shape index (κ2) is 8.35. The molecule has 0 atom stereocenters. The number of hydrogen-bond donors (Lipinski definition) is 2. The van der Waals surface area contributed by atoms with Crippen LogP contribution in [0.1, 0.15) is 47.4 Å². The van der Waals surface area contributed by atoms with Crippen LogP contribution >= 0.6 is 11.8 Å². The van der Waals surface area contributed by atoms with Crippen LogP contribution in [-0.2, 0) is 12.5 Å². The van der Waals surface area contributed by atoms with Crippen molar-refractivity contribution in [3.8, 4) is 0 Å². The Kier molecular flexibility index (Phi) is 5.76. The highest BCUT2D eigenvalue weighted by Crippen LogP contribution is 2.46. The Balaban J connectivity index is 1.71. The minimum absolute atomic E-state index is 0.259. The summed E-state index contributed by atoms with van der Waals surface area (Å²) in [5.41, 5.74) is 1.26. The molecule has 1 aromatic heterocycles. The first-order valence-corrected chi connectivity index (χ1v) is 10.4. The number of benzene rings is 2. The number of carbonyl (C=O) groups is 1. The molecule has 31 heavy (non-hydrogen) atoms. The molecule has 1 fully saturated rings. The Bertz CT molecular complexity index is 1120. The van der Waals surface area contributed by atoms with Crippen LogP contribution < -0.4 is 5.48 Å². The van der Waals surface area contributed by atoms with Crippen molar-refractivity contribution in [2.45, 2.75) is 41.2 Å². The fourth-order valence-electron chi connectivity index (χ4n) is 4.17. The summed E-state index contributed by atoms with van der Waals surface area (Å²) in [7, 11) is 1.71. The Labute approximate surface area is 180 Å². The van der Waals surface area contributed by atoms with Crippen molar-refractivity contribution in [1.82, 2.24) is 20.2 Å². The van der Waals surface area contributed by atoms with Gasteiger partial charge in [0.05, 0.1) is 10.3 Å². The molecular formula is C21H19F3N4O2S. The van der Waals surface area contributed by atoms with Crippen molar-refractivity contribution in [2.24, 2.45) is 7.05 Å². The molecule has 2 N–H and O–H groups in total. The molecule has 2 aromatic carbocycles. The monoisotopic (exact) mass is 448 g/mol. The summed E-state index contributed by atoms with van der Waals surface area (Å²) in [6.07, 6.45) is 3.43. The third-order valence-electron chi connectivity index (χ3n) is 5.65. The Morgan fingerprint density at radius 3 is 2.42 bits per heavy atom. The van der Waals surface area contributed by atoms with Gasteiger partial charge in [-0.3, -0.25) is 10.0 Å². The quantitative estimate of drug-likeness (QED) is 0.448. The first kappa shape index (κ1) is 21.4. The van der Waals surface area contributed by atoms with E-state index in [1.165, 1.54) is 17.6 Å². The Morgan fingerprint density at radius 1 is 1.13 bits per heavy atom. The number of amides is 1. The van der Waals surface area contributed by atoms with Crippen LogP contribution in [0.5, 0.6) is 0 Å². The zero-order valence-electron chi connectivity index (χ0n) is 16.5. The number of hydrogen-bond acceptors (Lipinski definition) is 5. The highest BCUT2D eigenvalue weighted by atomic mass is 32.2. The van der Waals surface area contributed by atoms with E-state index >= 15 is 0 Å². The molecule has 0 aliphatic heterocycles. The molecule has 162 valence electrons. The van der Waals surface area contributed by atoms with Crippen LogP contribution in [0.15, 0.2) is 46.5 Å². The molecule has 6 nitrogen and oxygen atoms in total. The van der Waals surface area contributed by atoms with Gasteiger partial charge < -0.3 is 4.57 Å². The smallest absolute Gasteiger partial charge is 0.274 e. The number of carbonyl (C=O) groups excluding carboxylic acids is 1. The van der Waals surface area contributed by atoms with Crippen LogP contribution in [-0.4, -0.2) is 25.9 Å². The maximum atomic E-state index is 14.5. The molecule has 4 rings (SSSR count). The average Bonchev–Trinajstić information content (AvgIpc) is 3.38. The lowest BCUT2D eigenvalue weighted by atomic mass is 9.78. The minimum Gasteiger partial charge on any atom is -0.308 e. The van der Waals surface area contributed by atoms with Gasteiger partial charge in [0.2, 0.25) is 0 Å². The predicted molar refractivity (Wildman–Crippen MR) is 106 cm³/mol. The van der Waals surface area contributed by atoms with E-state index in [4.69, 9.17) is 5.21 Å². The lowest BCUT2D eigenvalue weighted by Gasteiger charge is -2.28. The third kappa shape index (κ3) is 3.81. The largest absolute Gasteiger partial charge is 0.308 e. The molecule has 1 amide bonds. The first-order valence-electron chi connectivity index (χ1n) is 9.63. The molecule has 1 saturated carbocycles. The van der Waals surface area contributed by atoms with Crippen molar-refractivity contribution in [3.63, 3.8) is 0 Å². The van der Waals surface area contributed by atoms with Crippen LogP contribution in [0.4, 0.5) is 13.2 Å². The van der Waals surface area contributed by atoms with E-state index in [0.717, 1.165) is 55.1 Å². The fraction of sp³-hybridized carbons (Fsp3) is 0.286. The molecule has 1 aliphatic carbocycles. The van der Waals surface area contributed by atoms with E-state index < -0.39 is 23.0 Å². The van der Waals surface area contributed by atoms with E-state index in [2.05, 4.69) is 10.2 Å². The second-order valence-corrected chi connectivity index (χ2v) is 8.45. The summed E-state index contributed by atoms with van der Waals surface area (Å²) >= 11 is 0.743.